The van der Waals surface area contributed by atoms with Gasteiger partial charge in [0.2, 0.25) is 0 Å². The van der Waals surface area contributed by atoms with Gasteiger partial charge in [-0.25, -0.2) is 0 Å². The van der Waals surface area contributed by atoms with Crippen LogP contribution in [0.25, 0.3) is 5.69 Å². The maximum atomic E-state index is 5.78. The first-order chi connectivity index (χ1) is 7.20. The molecule has 0 saturated carbocycles. The summed E-state index contributed by atoms with van der Waals surface area (Å²) < 4.78 is 1.91. The summed E-state index contributed by atoms with van der Waals surface area (Å²) in [6.45, 7) is 4.14. The second kappa shape index (κ2) is 4.03. The van der Waals surface area contributed by atoms with Crippen LogP contribution in [0.2, 0.25) is 0 Å². The molecule has 2 aromatic rings. The minimum Gasteiger partial charge on any atom is -0.285 e. The molecule has 0 aliphatic carbocycles. The van der Waals surface area contributed by atoms with Gasteiger partial charge in [-0.05, 0) is 37.1 Å². The number of halogens is 1. The summed E-state index contributed by atoms with van der Waals surface area (Å²) >= 11 is 5.78. The van der Waals surface area contributed by atoms with Crippen molar-refractivity contribution >= 4 is 11.6 Å². The number of benzene rings is 1. The Kier molecular flexibility index (Phi) is 2.73. The maximum absolute atomic E-state index is 5.78. The van der Waals surface area contributed by atoms with E-state index < -0.39 is 0 Å². The van der Waals surface area contributed by atoms with Crippen molar-refractivity contribution in [3.63, 3.8) is 0 Å². The Labute approximate surface area is 93.7 Å². The van der Waals surface area contributed by atoms with Crippen molar-refractivity contribution in [2.24, 2.45) is 0 Å². The van der Waals surface area contributed by atoms with Crippen molar-refractivity contribution in [3.05, 3.63) is 41.5 Å². The molecular weight excluding hydrogens is 210 g/mol. The molecule has 0 amide bonds. The summed E-state index contributed by atoms with van der Waals surface area (Å²) in [6.07, 6.45) is 1.69. The molecule has 15 heavy (non-hydrogen) atoms. The van der Waals surface area contributed by atoms with Gasteiger partial charge in [0.15, 0.2) is 5.82 Å². The maximum Gasteiger partial charge on any atom is 0.152 e. The predicted octanol–water partition coefficient (Wildman–Crippen LogP) is 2.62. The van der Waals surface area contributed by atoms with Crippen molar-refractivity contribution in [1.29, 1.82) is 0 Å². The molecule has 3 nitrogen and oxygen atoms in total. The quantitative estimate of drug-likeness (QED) is 0.730. The minimum absolute atomic E-state index is 0.368. The Bertz CT molecular complexity index is 456. The number of aryl methyl sites for hydroxylation is 2. The molecule has 1 heterocycles. The van der Waals surface area contributed by atoms with E-state index in [1.54, 1.807) is 6.33 Å². The van der Waals surface area contributed by atoms with E-state index in [9.17, 15) is 0 Å². The first-order valence-electron chi connectivity index (χ1n) is 4.74. The van der Waals surface area contributed by atoms with Crippen molar-refractivity contribution in [3.8, 4) is 5.69 Å². The second-order valence-corrected chi connectivity index (χ2v) is 3.86. The average molecular weight is 222 g/mol. The Morgan fingerprint density at radius 3 is 2.47 bits per heavy atom. The van der Waals surface area contributed by atoms with Crippen LogP contribution in [0.1, 0.15) is 17.0 Å². The van der Waals surface area contributed by atoms with Crippen LogP contribution in [-0.4, -0.2) is 14.8 Å². The first kappa shape index (κ1) is 10.2. The fourth-order valence-electron chi connectivity index (χ4n) is 1.66. The van der Waals surface area contributed by atoms with E-state index in [1.165, 1.54) is 11.1 Å². The van der Waals surface area contributed by atoms with Crippen molar-refractivity contribution < 1.29 is 0 Å². The number of hydrogen-bond acceptors (Lipinski definition) is 2. The molecule has 1 aromatic heterocycles. The number of hydrogen-bond donors (Lipinski definition) is 0. The summed E-state index contributed by atoms with van der Waals surface area (Å²) in [5.41, 5.74) is 3.51. The molecule has 0 aliphatic heterocycles. The Balaban J connectivity index is 2.53. The topological polar surface area (TPSA) is 30.7 Å². The van der Waals surface area contributed by atoms with Gasteiger partial charge >= 0.3 is 0 Å². The zero-order valence-corrected chi connectivity index (χ0v) is 9.49. The Morgan fingerprint density at radius 2 is 1.87 bits per heavy atom. The molecule has 2 rings (SSSR count). The van der Waals surface area contributed by atoms with Gasteiger partial charge in [-0.1, -0.05) is 6.07 Å². The molecular formula is C11H12ClN3. The number of alkyl halides is 1. The van der Waals surface area contributed by atoms with Crippen molar-refractivity contribution in [2.75, 3.05) is 0 Å². The highest BCUT2D eigenvalue weighted by Gasteiger charge is 2.05. The lowest BCUT2D eigenvalue weighted by Gasteiger charge is -2.07. The smallest absolute Gasteiger partial charge is 0.152 e. The average Bonchev–Trinajstić information content (AvgIpc) is 2.63. The molecule has 0 N–H and O–H groups in total. The van der Waals surface area contributed by atoms with Gasteiger partial charge < -0.3 is 0 Å². The van der Waals surface area contributed by atoms with Gasteiger partial charge in [0.25, 0.3) is 0 Å². The monoisotopic (exact) mass is 221 g/mol. The van der Waals surface area contributed by atoms with Crippen LogP contribution >= 0.6 is 11.6 Å². The van der Waals surface area contributed by atoms with Crippen molar-refractivity contribution in [1.82, 2.24) is 14.8 Å². The Hall–Kier alpha value is -1.35. The molecule has 0 radical (unpaired) electrons. The summed E-state index contributed by atoms with van der Waals surface area (Å²) in [5, 5.41) is 7.81. The highest BCUT2D eigenvalue weighted by Crippen LogP contribution is 2.15. The molecule has 4 heteroatoms. The van der Waals surface area contributed by atoms with E-state index in [2.05, 4.69) is 42.2 Å². The van der Waals surface area contributed by atoms with Crippen LogP contribution in [0.4, 0.5) is 0 Å². The largest absolute Gasteiger partial charge is 0.285 e. The first-order valence-corrected chi connectivity index (χ1v) is 5.27. The molecule has 0 fully saturated rings. The summed E-state index contributed by atoms with van der Waals surface area (Å²) in [6, 6.07) is 6.31. The van der Waals surface area contributed by atoms with Crippen LogP contribution in [0.15, 0.2) is 24.5 Å². The predicted molar refractivity (Wildman–Crippen MR) is 60.4 cm³/mol. The lowest BCUT2D eigenvalue weighted by atomic mass is 10.1. The van der Waals surface area contributed by atoms with Gasteiger partial charge in [0.1, 0.15) is 6.33 Å². The fourth-order valence-corrected chi connectivity index (χ4v) is 1.84. The van der Waals surface area contributed by atoms with E-state index in [-0.39, 0.29) is 0 Å². The molecule has 0 atom stereocenters. The normalized spacial score (nSPS) is 10.6. The summed E-state index contributed by atoms with van der Waals surface area (Å²) in [7, 11) is 0. The highest BCUT2D eigenvalue weighted by molar-refractivity contribution is 6.16. The molecule has 0 aliphatic rings. The van der Waals surface area contributed by atoms with Crippen molar-refractivity contribution in [2.45, 2.75) is 19.7 Å². The van der Waals surface area contributed by atoms with E-state index in [0.717, 1.165) is 11.5 Å². The second-order valence-electron chi connectivity index (χ2n) is 3.60. The number of rotatable bonds is 2. The zero-order chi connectivity index (χ0) is 10.8. The highest BCUT2D eigenvalue weighted by atomic mass is 35.5. The summed E-state index contributed by atoms with van der Waals surface area (Å²) in [4.78, 5) is 0. The van der Waals surface area contributed by atoms with Gasteiger partial charge in [-0.2, -0.15) is 0 Å². The molecule has 0 saturated heterocycles. The van der Waals surface area contributed by atoms with E-state index in [0.29, 0.717) is 5.88 Å². The van der Waals surface area contributed by atoms with Crippen LogP contribution in [0, 0.1) is 13.8 Å². The SMILES string of the molecule is Cc1cc(C)cc(-n2cnnc2CCl)c1. The molecule has 78 valence electrons. The third-order valence-electron chi connectivity index (χ3n) is 2.22. The van der Waals surface area contributed by atoms with E-state index in [4.69, 9.17) is 11.6 Å². The van der Waals surface area contributed by atoms with Crippen LogP contribution in [-0.2, 0) is 5.88 Å². The van der Waals surface area contributed by atoms with Gasteiger partial charge in [-0.15, -0.1) is 21.8 Å². The van der Waals surface area contributed by atoms with E-state index >= 15 is 0 Å². The van der Waals surface area contributed by atoms with Gasteiger partial charge in [-0.3, -0.25) is 4.57 Å². The van der Waals surface area contributed by atoms with Crippen LogP contribution in [0.3, 0.4) is 0 Å². The molecule has 0 unspecified atom stereocenters. The van der Waals surface area contributed by atoms with Crippen LogP contribution < -0.4 is 0 Å². The third-order valence-corrected chi connectivity index (χ3v) is 2.46. The Morgan fingerprint density at radius 1 is 1.20 bits per heavy atom. The van der Waals surface area contributed by atoms with Gasteiger partial charge in [0.05, 0.1) is 5.88 Å². The lowest BCUT2D eigenvalue weighted by Crippen LogP contribution is -1.98. The van der Waals surface area contributed by atoms with Crippen LogP contribution in [0.5, 0.6) is 0 Å². The third kappa shape index (κ3) is 2.02. The molecule has 0 spiro atoms. The van der Waals surface area contributed by atoms with Gasteiger partial charge in [0, 0.05) is 5.69 Å². The summed E-state index contributed by atoms with van der Waals surface area (Å²) in [5.74, 6) is 1.13. The standard InChI is InChI=1S/C11H12ClN3/c1-8-3-9(2)5-10(4-8)15-7-13-14-11(15)6-12/h3-5,7H,6H2,1-2H3. The minimum atomic E-state index is 0.368. The van der Waals surface area contributed by atoms with E-state index in [1.807, 2.05) is 4.57 Å². The number of nitrogens with zero attached hydrogens (tertiary/aromatic N) is 3. The zero-order valence-electron chi connectivity index (χ0n) is 8.74. The number of aromatic nitrogens is 3. The lowest BCUT2D eigenvalue weighted by molar-refractivity contribution is 0.948. The molecule has 0 bridgehead atoms. The fraction of sp³-hybridized carbons (Fsp3) is 0.273. The molecule has 1 aromatic carbocycles.